The summed E-state index contributed by atoms with van der Waals surface area (Å²) in [6.07, 6.45) is 0.829. The van der Waals surface area contributed by atoms with Gasteiger partial charge in [0.05, 0.1) is 0 Å². The number of aromatic nitrogens is 4. The number of oxime groups is 1. The lowest BCUT2D eigenvalue weighted by atomic mass is 9.77. The predicted octanol–water partition coefficient (Wildman–Crippen LogP) is 6.98. The zero-order valence-corrected chi connectivity index (χ0v) is 40.3. The molecule has 18 heteroatoms. The van der Waals surface area contributed by atoms with Crippen LogP contribution in [0.4, 0.5) is 5.13 Å². The van der Waals surface area contributed by atoms with Crippen molar-refractivity contribution in [3.05, 3.63) is 234 Å². The summed E-state index contributed by atoms with van der Waals surface area (Å²) in [4.78, 5) is 79.5. The van der Waals surface area contributed by atoms with Crippen LogP contribution in [-0.2, 0) is 43.6 Å². The number of thioether (sulfide) groups is 2. The minimum absolute atomic E-state index is 0.00463. The fourth-order valence-corrected chi connectivity index (χ4v) is 11.1. The molecule has 2 N–H and O–H groups in total. The van der Waals surface area contributed by atoms with Crippen molar-refractivity contribution in [1.82, 2.24) is 29.5 Å². The molecule has 2 aromatic heterocycles. The third kappa shape index (κ3) is 9.35. The van der Waals surface area contributed by atoms with E-state index < -0.39 is 52.0 Å². The Morgan fingerprint density at radius 1 is 0.800 bits per heavy atom. The molecule has 0 spiro atoms. The summed E-state index contributed by atoms with van der Waals surface area (Å²) in [5, 5.41) is 18.2. The third-order valence-electron chi connectivity index (χ3n) is 11.7. The zero-order chi connectivity index (χ0) is 48.8. The largest absolute Gasteiger partial charge is 0.448 e. The lowest BCUT2D eigenvalue weighted by Gasteiger charge is -2.49. The molecule has 1 fully saturated rings. The van der Waals surface area contributed by atoms with Crippen molar-refractivity contribution < 1.29 is 24.0 Å². The summed E-state index contributed by atoms with van der Waals surface area (Å²) in [5.74, 6) is -1.79. The number of hydrogen-bond donors (Lipinski definition) is 2. The van der Waals surface area contributed by atoms with Gasteiger partial charge in [-0.3, -0.25) is 28.6 Å². The SMILES string of the molecule is CO/N=C(/C(=O)NC1C(=O)N2C(C(=O)OC(c3ccccc3)c3ccccc3)=C(/C=C/Sc3nn(C)c(=O)c(=O)n3C)CSC12)c1csc(NC(c2ccccc2)(c2ccccc2)c2ccccc2)n1. The highest BCUT2D eigenvalue weighted by molar-refractivity contribution is 8.02. The average Bonchev–Trinajstić information content (AvgIpc) is 3.87. The van der Waals surface area contributed by atoms with Gasteiger partial charge in [-0.05, 0) is 44.9 Å². The van der Waals surface area contributed by atoms with E-state index in [0.29, 0.717) is 10.7 Å². The minimum atomic E-state index is -1.07. The van der Waals surface area contributed by atoms with E-state index >= 15 is 0 Å². The molecule has 2 aliphatic rings. The van der Waals surface area contributed by atoms with Gasteiger partial charge in [0, 0.05) is 25.2 Å². The van der Waals surface area contributed by atoms with Gasteiger partial charge in [0.1, 0.15) is 35.5 Å². The number of fused-ring (bicyclic) bond motifs is 1. The number of ether oxygens (including phenoxy) is 1. The molecule has 2 amide bonds. The van der Waals surface area contributed by atoms with Crippen LogP contribution in [-0.4, -0.2) is 72.0 Å². The summed E-state index contributed by atoms with van der Waals surface area (Å²) in [6, 6.07) is 47.6. The Bertz CT molecular complexity index is 3120. The standard InChI is InChI=1S/C52H44N8O7S3/c1-58-46(63)47(64)59(2)56-51(58)68-30-29-35-31-69-48-41(45(62)60(48)42(35)49(65)67-43(33-19-9-4-10-20-33)34-21-11-5-12-22-34)54-44(61)40(57-66-3)39-32-70-50(53-39)55-52(36-23-13-6-14-24-36,37-25-15-7-16-26-37)38-27-17-8-18-28-38/h4-30,32,41,43,48H,31H2,1-3H3,(H,53,55)(H,54,61)/b30-29+,57-40+. The van der Waals surface area contributed by atoms with Crippen LogP contribution in [0.2, 0.25) is 0 Å². The summed E-state index contributed by atoms with van der Waals surface area (Å²) < 4.78 is 8.42. The number of nitrogens with one attached hydrogen (secondary N) is 2. The van der Waals surface area contributed by atoms with Crippen molar-refractivity contribution in [2.24, 2.45) is 19.3 Å². The Hall–Kier alpha value is -7.80. The second kappa shape index (κ2) is 20.8. The van der Waals surface area contributed by atoms with Crippen LogP contribution in [0.3, 0.4) is 0 Å². The van der Waals surface area contributed by atoms with Gasteiger partial charge in [-0.2, -0.15) is 0 Å². The molecule has 0 aliphatic carbocycles. The maximum Gasteiger partial charge on any atom is 0.356 e. The van der Waals surface area contributed by atoms with Gasteiger partial charge in [-0.1, -0.05) is 169 Å². The number of amides is 2. The first-order chi connectivity index (χ1) is 34.1. The van der Waals surface area contributed by atoms with Crippen LogP contribution in [0, 0.1) is 0 Å². The van der Waals surface area contributed by atoms with E-state index in [1.807, 2.05) is 115 Å². The van der Waals surface area contributed by atoms with E-state index in [-0.39, 0.29) is 28.0 Å². The molecular formula is C52H44N8O7S3. The quantitative estimate of drug-likeness (QED) is 0.0193. The summed E-state index contributed by atoms with van der Waals surface area (Å²) >= 11 is 3.68. The van der Waals surface area contributed by atoms with Crippen LogP contribution in [0.15, 0.2) is 200 Å². The molecular weight excluding hydrogens is 945 g/mol. The monoisotopic (exact) mass is 988 g/mol. The first kappa shape index (κ1) is 47.3. The molecule has 1 saturated heterocycles. The number of aryl methyl sites for hydroxylation is 1. The maximum absolute atomic E-state index is 14.6. The molecule has 352 valence electrons. The topological polar surface area (TPSA) is 179 Å². The predicted molar refractivity (Wildman–Crippen MR) is 271 cm³/mol. The lowest BCUT2D eigenvalue weighted by molar-refractivity contribution is -0.154. The van der Waals surface area contributed by atoms with Crippen molar-refractivity contribution in [3.8, 4) is 0 Å². The molecule has 0 saturated carbocycles. The molecule has 0 bridgehead atoms. The fraction of sp³-hybridized carbons (Fsp3) is 0.154. The summed E-state index contributed by atoms with van der Waals surface area (Å²) in [7, 11) is 4.15. The number of thiazole rings is 1. The van der Waals surface area contributed by atoms with Crippen LogP contribution < -0.4 is 21.8 Å². The number of hydrogen-bond acceptors (Lipinski definition) is 14. The molecule has 15 nitrogen and oxygen atoms in total. The second-order valence-corrected chi connectivity index (χ2v) is 18.8. The van der Waals surface area contributed by atoms with Gasteiger partial charge < -0.3 is 20.2 Å². The number of carbonyl (C=O) groups excluding carboxylic acids is 3. The van der Waals surface area contributed by atoms with Crippen molar-refractivity contribution >= 4 is 63.5 Å². The van der Waals surface area contributed by atoms with Gasteiger partial charge in [-0.25, -0.2) is 14.5 Å². The van der Waals surface area contributed by atoms with Crippen LogP contribution in [0.1, 0.15) is 39.6 Å². The van der Waals surface area contributed by atoms with Crippen LogP contribution in [0.25, 0.3) is 0 Å². The molecule has 2 unspecified atom stereocenters. The van der Waals surface area contributed by atoms with E-state index in [0.717, 1.165) is 48.8 Å². The molecule has 0 radical (unpaired) electrons. The molecule has 2 aliphatic heterocycles. The average molecular weight is 989 g/mol. The van der Waals surface area contributed by atoms with E-state index in [4.69, 9.17) is 14.6 Å². The first-order valence-corrected chi connectivity index (χ1v) is 24.7. The lowest BCUT2D eigenvalue weighted by Crippen LogP contribution is -2.71. The maximum atomic E-state index is 14.6. The van der Waals surface area contributed by atoms with Crippen molar-refractivity contribution in [1.29, 1.82) is 0 Å². The number of anilines is 1. The Balaban J connectivity index is 1.00. The first-order valence-electron chi connectivity index (χ1n) is 21.9. The van der Waals surface area contributed by atoms with Gasteiger partial charge in [0.25, 0.3) is 11.8 Å². The van der Waals surface area contributed by atoms with Crippen LogP contribution >= 0.6 is 34.9 Å². The summed E-state index contributed by atoms with van der Waals surface area (Å²) in [6.45, 7) is 0. The Morgan fingerprint density at radius 2 is 1.34 bits per heavy atom. The number of benzene rings is 5. The Kier molecular flexibility index (Phi) is 14.1. The highest BCUT2D eigenvalue weighted by Gasteiger charge is 2.55. The van der Waals surface area contributed by atoms with Gasteiger partial charge in [-0.15, -0.1) is 28.2 Å². The molecule has 4 heterocycles. The smallest absolute Gasteiger partial charge is 0.356 e. The molecule has 5 aromatic carbocycles. The summed E-state index contributed by atoms with van der Waals surface area (Å²) in [5.41, 5.74) is 2.41. The van der Waals surface area contributed by atoms with Crippen molar-refractivity contribution in [2.45, 2.75) is 28.2 Å². The number of allylic oxidation sites excluding steroid dienone is 1. The van der Waals surface area contributed by atoms with Crippen LogP contribution in [0.5, 0.6) is 0 Å². The van der Waals surface area contributed by atoms with Crippen molar-refractivity contribution in [2.75, 3.05) is 18.2 Å². The second-order valence-electron chi connectivity index (χ2n) is 16.0. The number of esters is 1. The Morgan fingerprint density at radius 3 is 1.89 bits per heavy atom. The normalized spacial score (nSPS) is 15.9. The number of rotatable bonds is 16. The molecule has 2 atom stereocenters. The van der Waals surface area contributed by atoms with E-state index in [1.54, 1.807) is 16.9 Å². The highest BCUT2D eigenvalue weighted by atomic mass is 32.2. The van der Waals surface area contributed by atoms with E-state index in [9.17, 15) is 24.0 Å². The number of β-lactam (4-membered cyclic amide) rings is 1. The number of nitrogens with zero attached hydrogens (tertiary/aromatic N) is 6. The van der Waals surface area contributed by atoms with Gasteiger partial charge in [0.2, 0.25) is 0 Å². The molecule has 70 heavy (non-hydrogen) atoms. The molecule has 9 rings (SSSR count). The number of carbonyl (C=O) groups is 3. The zero-order valence-electron chi connectivity index (χ0n) is 37.9. The fourth-order valence-electron chi connectivity index (χ4n) is 8.28. The van der Waals surface area contributed by atoms with Gasteiger partial charge in [0.15, 0.2) is 22.1 Å². The molecule has 7 aromatic rings. The van der Waals surface area contributed by atoms with E-state index in [2.05, 4.69) is 57.3 Å². The van der Waals surface area contributed by atoms with Gasteiger partial charge >= 0.3 is 17.1 Å². The van der Waals surface area contributed by atoms with Crippen molar-refractivity contribution in [3.63, 3.8) is 0 Å². The Labute approximate surface area is 414 Å². The highest BCUT2D eigenvalue weighted by Crippen LogP contribution is 2.43. The third-order valence-corrected chi connectivity index (χ3v) is 14.6. The van der Waals surface area contributed by atoms with E-state index in [1.165, 1.54) is 49.2 Å². The minimum Gasteiger partial charge on any atom is -0.448 e.